The van der Waals surface area contributed by atoms with Crippen LogP contribution >= 0.6 is 0 Å². The summed E-state index contributed by atoms with van der Waals surface area (Å²) >= 11 is 0. The fraction of sp³-hybridized carbons (Fsp3) is 0.450. The van der Waals surface area contributed by atoms with Crippen LogP contribution in [0, 0.1) is 5.82 Å². The minimum Gasteiger partial charge on any atom is -0.356 e. The highest BCUT2D eigenvalue weighted by atomic mass is 19.1. The van der Waals surface area contributed by atoms with Crippen molar-refractivity contribution in [1.82, 2.24) is 25.3 Å². The molecule has 2 heterocycles. The van der Waals surface area contributed by atoms with Gasteiger partial charge in [-0.25, -0.2) is 9.07 Å². The molecular formula is C20H27FN6O. The molecule has 2 N–H and O–H groups in total. The molecule has 2 aromatic rings. The molecule has 1 saturated heterocycles. The average molecular weight is 386 g/mol. The van der Waals surface area contributed by atoms with Crippen molar-refractivity contribution in [3.63, 3.8) is 0 Å². The van der Waals surface area contributed by atoms with Gasteiger partial charge in [0.2, 0.25) is 5.91 Å². The Hall–Kier alpha value is -2.90. The molecule has 1 aromatic heterocycles. The molecule has 3 rings (SSSR count). The number of nitrogens with one attached hydrogen (secondary N) is 2. The third-order valence-electron chi connectivity index (χ3n) is 4.82. The van der Waals surface area contributed by atoms with Crippen molar-refractivity contribution in [1.29, 1.82) is 0 Å². The number of aromatic nitrogens is 2. The number of carbonyl (C=O) groups is 1. The molecule has 0 saturated carbocycles. The summed E-state index contributed by atoms with van der Waals surface area (Å²) in [6, 6.07) is 8.42. The van der Waals surface area contributed by atoms with Crippen LogP contribution in [-0.4, -0.2) is 59.3 Å². The third-order valence-corrected chi connectivity index (χ3v) is 4.82. The summed E-state index contributed by atoms with van der Waals surface area (Å²) in [6.07, 6.45) is 4.08. The van der Waals surface area contributed by atoms with E-state index in [0.29, 0.717) is 13.0 Å². The summed E-state index contributed by atoms with van der Waals surface area (Å²) < 4.78 is 14.8. The first-order chi connectivity index (χ1) is 13.6. The van der Waals surface area contributed by atoms with Crippen LogP contribution in [0.25, 0.3) is 5.69 Å². The Kier molecular flexibility index (Phi) is 6.62. The minimum atomic E-state index is -0.261. The molecule has 0 spiro atoms. The lowest BCUT2D eigenvalue weighted by atomic mass is 10.3. The number of nitrogens with zero attached hydrogens (tertiary/aromatic N) is 4. The Morgan fingerprint density at radius 2 is 2.11 bits per heavy atom. The maximum Gasteiger partial charge on any atom is 0.222 e. The van der Waals surface area contributed by atoms with Crippen LogP contribution in [0.1, 0.15) is 25.5 Å². The van der Waals surface area contributed by atoms with E-state index >= 15 is 0 Å². The van der Waals surface area contributed by atoms with Gasteiger partial charge in [0.05, 0.1) is 11.4 Å². The van der Waals surface area contributed by atoms with Gasteiger partial charge in [-0.15, -0.1) is 0 Å². The van der Waals surface area contributed by atoms with Gasteiger partial charge in [-0.1, -0.05) is 6.92 Å². The van der Waals surface area contributed by atoms with Crippen LogP contribution in [0.5, 0.6) is 0 Å². The number of benzene rings is 1. The normalized spacial score (nSPS) is 17.0. The highest BCUT2D eigenvalue weighted by Crippen LogP contribution is 2.11. The predicted octanol–water partition coefficient (Wildman–Crippen LogP) is 1.73. The molecule has 7 nitrogen and oxygen atoms in total. The number of hydrogen-bond acceptors (Lipinski definition) is 3. The number of likely N-dealkylation sites (tertiary alicyclic amines) is 1. The van der Waals surface area contributed by atoms with Gasteiger partial charge in [-0.2, -0.15) is 5.10 Å². The van der Waals surface area contributed by atoms with Crippen molar-refractivity contribution in [3.05, 3.63) is 48.0 Å². The molecule has 1 aliphatic heterocycles. The topological polar surface area (TPSA) is 74.6 Å². The first kappa shape index (κ1) is 19.9. The Bertz CT molecular complexity index is 816. The summed E-state index contributed by atoms with van der Waals surface area (Å²) in [6.45, 7) is 4.09. The summed E-state index contributed by atoms with van der Waals surface area (Å²) in [5.74, 6) is 0.668. The Labute approximate surface area is 164 Å². The Morgan fingerprint density at radius 1 is 1.32 bits per heavy atom. The monoisotopic (exact) mass is 386 g/mol. The lowest BCUT2D eigenvalue weighted by Crippen LogP contribution is -2.45. The lowest BCUT2D eigenvalue weighted by molar-refractivity contribution is -0.129. The first-order valence-corrected chi connectivity index (χ1v) is 9.64. The van der Waals surface area contributed by atoms with Crippen molar-refractivity contribution in [2.45, 2.75) is 32.2 Å². The zero-order valence-corrected chi connectivity index (χ0v) is 16.4. The van der Waals surface area contributed by atoms with Gasteiger partial charge in [0.1, 0.15) is 5.82 Å². The van der Waals surface area contributed by atoms with Crippen molar-refractivity contribution < 1.29 is 9.18 Å². The van der Waals surface area contributed by atoms with Gasteiger partial charge >= 0.3 is 0 Å². The van der Waals surface area contributed by atoms with Gasteiger partial charge in [0, 0.05) is 51.8 Å². The maximum absolute atomic E-state index is 13.0. The number of carbonyl (C=O) groups excluding carboxylic acids is 1. The maximum atomic E-state index is 13.0. The van der Waals surface area contributed by atoms with Crippen molar-refractivity contribution in [3.8, 4) is 5.69 Å². The third kappa shape index (κ3) is 5.09. The molecule has 1 aromatic carbocycles. The number of aliphatic imine (C=N–C) groups is 1. The van der Waals surface area contributed by atoms with Crippen LogP contribution in [0.3, 0.4) is 0 Å². The van der Waals surface area contributed by atoms with Crippen LogP contribution in [0.15, 0.2) is 41.5 Å². The van der Waals surface area contributed by atoms with E-state index in [1.165, 1.54) is 12.1 Å². The zero-order valence-electron chi connectivity index (χ0n) is 16.4. The average Bonchev–Trinajstić information content (AvgIpc) is 3.37. The quantitative estimate of drug-likeness (QED) is 0.586. The highest BCUT2D eigenvalue weighted by molar-refractivity contribution is 5.80. The van der Waals surface area contributed by atoms with Gasteiger partial charge in [-0.3, -0.25) is 9.79 Å². The van der Waals surface area contributed by atoms with Crippen LogP contribution in [0.2, 0.25) is 0 Å². The van der Waals surface area contributed by atoms with Crippen LogP contribution in [-0.2, 0) is 11.2 Å². The van der Waals surface area contributed by atoms with Gasteiger partial charge in [-0.05, 0) is 36.8 Å². The van der Waals surface area contributed by atoms with E-state index in [-0.39, 0.29) is 17.8 Å². The second-order valence-electron chi connectivity index (χ2n) is 6.80. The van der Waals surface area contributed by atoms with E-state index in [1.807, 2.05) is 24.1 Å². The molecule has 0 bridgehead atoms. The summed E-state index contributed by atoms with van der Waals surface area (Å²) in [5.41, 5.74) is 1.76. The Morgan fingerprint density at radius 3 is 2.82 bits per heavy atom. The van der Waals surface area contributed by atoms with Gasteiger partial charge < -0.3 is 15.5 Å². The Balaban J connectivity index is 1.45. The molecule has 0 radical (unpaired) electrons. The molecular weight excluding hydrogens is 359 g/mol. The van der Waals surface area contributed by atoms with Crippen molar-refractivity contribution in [2.24, 2.45) is 4.99 Å². The van der Waals surface area contributed by atoms with E-state index in [4.69, 9.17) is 0 Å². The fourth-order valence-electron chi connectivity index (χ4n) is 3.26. The van der Waals surface area contributed by atoms with Crippen molar-refractivity contribution >= 4 is 11.9 Å². The van der Waals surface area contributed by atoms with Gasteiger partial charge in [0.15, 0.2) is 5.96 Å². The highest BCUT2D eigenvalue weighted by Gasteiger charge is 2.25. The molecule has 150 valence electrons. The van der Waals surface area contributed by atoms with Crippen LogP contribution < -0.4 is 10.6 Å². The molecule has 1 unspecified atom stereocenters. The summed E-state index contributed by atoms with van der Waals surface area (Å²) in [7, 11) is 1.74. The molecule has 1 atom stereocenters. The number of hydrogen-bond donors (Lipinski definition) is 2. The number of amides is 1. The molecule has 28 heavy (non-hydrogen) atoms. The standard InChI is InChI=1S/C20H27FN6O/c1-3-19(28)26-12-9-17(14-26)24-20(22-2)23-11-8-16-10-13-27(25-16)18-6-4-15(21)5-7-18/h4-7,10,13,17H,3,8-9,11-12,14H2,1-2H3,(H2,22,23,24). The van der Waals surface area contributed by atoms with E-state index in [2.05, 4.69) is 20.7 Å². The first-order valence-electron chi connectivity index (χ1n) is 9.64. The second-order valence-corrected chi connectivity index (χ2v) is 6.80. The number of guanidine groups is 1. The lowest BCUT2D eigenvalue weighted by Gasteiger charge is -2.18. The molecule has 0 aliphatic carbocycles. The minimum absolute atomic E-state index is 0.198. The van der Waals surface area contributed by atoms with E-state index in [9.17, 15) is 9.18 Å². The van der Waals surface area contributed by atoms with E-state index in [0.717, 1.165) is 43.3 Å². The molecule has 1 aliphatic rings. The summed E-state index contributed by atoms with van der Waals surface area (Å²) in [5, 5.41) is 11.2. The predicted molar refractivity (Wildman–Crippen MR) is 107 cm³/mol. The van der Waals surface area contributed by atoms with Crippen LogP contribution in [0.4, 0.5) is 4.39 Å². The number of rotatable bonds is 6. The largest absolute Gasteiger partial charge is 0.356 e. The molecule has 8 heteroatoms. The molecule has 1 amide bonds. The van der Waals surface area contributed by atoms with E-state index in [1.54, 1.807) is 23.9 Å². The van der Waals surface area contributed by atoms with E-state index < -0.39 is 0 Å². The SMILES string of the molecule is CCC(=O)N1CCC(NC(=NC)NCCc2ccn(-c3ccc(F)cc3)n2)C1. The second kappa shape index (κ2) is 9.34. The van der Waals surface area contributed by atoms with Gasteiger partial charge in [0.25, 0.3) is 0 Å². The van der Waals surface area contributed by atoms with Crippen molar-refractivity contribution in [2.75, 3.05) is 26.7 Å². The molecule has 1 fully saturated rings. The zero-order chi connectivity index (χ0) is 19.9. The smallest absolute Gasteiger partial charge is 0.222 e. The number of halogens is 1. The summed E-state index contributed by atoms with van der Waals surface area (Å²) in [4.78, 5) is 17.9. The fourth-order valence-corrected chi connectivity index (χ4v) is 3.26.